The van der Waals surface area contributed by atoms with E-state index in [1.54, 1.807) is 6.07 Å². The molecule has 1 aromatic rings. The molecule has 1 aliphatic rings. The second kappa shape index (κ2) is 5.81. The van der Waals surface area contributed by atoms with Crippen molar-refractivity contribution in [1.29, 1.82) is 0 Å². The van der Waals surface area contributed by atoms with Crippen molar-refractivity contribution in [1.82, 2.24) is 0 Å². The molecule has 1 amide bonds. The minimum Gasteiger partial charge on any atom is -0.378 e. The van der Waals surface area contributed by atoms with Gasteiger partial charge in [-0.2, -0.15) is 0 Å². The van der Waals surface area contributed by atoms with Gasteiger partial charge in [0.15, 0.2) is 0 Å². The summed E-state index contributed by atoms with van der Waals surface area (Å²) in [6.45, 7) is 6.40. The molecule has 1 fully saturated rings. The molecule has 1 saturated carbocycles. The summed E-state index contributed by atoms with van der Waals surface area (Å²) in [6, 6.07) is 4.23. The number of rotatable bonds is 4. The molecule has 3 N–H and O–H groups in total. The molecule has 1 aromatic carbocycles. The SMILES string of the molecule is CCOC1CC(N)(C(=O)Nc2ccc(F)cc2I)C1(C)C. The van der Waals surface area contributed by atoms with E-state index < -0.39 is 11.0 Å². The van der Waals surface area contributed by atoms with E-state index in [2.05, 4.69) is 5.32 Å². The van der Waals surface area contributed by atoms with Crippen LogP contribution in [0.3, 0.4) is 0 Å². The first-order chi connectivity index (χ1) is 9.72. The lowest BCUT2D eigenvalue weighted by molar-refractivity contribution is -0.166. The first-order valence-electron chi connectivity index (χ1n) is 6.89. The summed E-state index contributed by atoms with van der Waals surface area (Å²) in [5.74, 6) is -0.590. The van der Waals surface area contributed by atoms with Crippen LogP contribution < -0.4 is 11.1 Å². The summed E-state index contributed by atoms with van der Waals surface area (Å²) in [5, 5.41) is 2.80. The number of anilines is 1. The summed E-state index contributed by atoms with van der Waals surface area (Å²) in [7, 11) is 0. The Balaban J connectivity index is 2.14. The number of nitrogens with one attached hydrogen (secondary N) is 1. The van der Waals surface area contributed by atoms with Crippen LogP contribution in [0.15, 0.2) is 18.2 Å². The molecule has 0 radical (unpaired) electrons. The van der Waals surface area contributed by atoms with Crippen molar-refractivity contribution in [2.75, 3.05) is 11.9 Å². The number of amides is 1. The van der Waals surface area contributed by atoms with Crippen LogP contribution >= 0.6 is 22.6 Å². The second-order valence-corrected chi connectivity index (χ2v) is 7.08. The fourth-order valence-electron chi connectivity index (χ4n) is 2.65. The van der Waals surface area contributed by atoms with Crippen molar-refractivity contribution < 1.29 is 13.9 Å². The summed E-state index contributed by atoms with van der Waals surface area (Å²) < 4.78 is 19.4. The predicted octanol–water partition coefficient (Wildman–Crippen LogP) is 2.90. The first kappa shape index (κ1) is 16.6. The van der Waals surface area contributed by atoms with Gasteiger partial charge in [0.05, 0.1) is 11.8 Å². The van der Waals surface area contributed by atoms with Crippen LogP contribution in [0.5, 0.6) is 0 Å². The lowest BCUT2D eigenvalue weighted by Gasteiger charge is -2.57. The fourth-order valence-corrected chi connectivity index (χ4v) is 3.26. The van der Waals surface area contributed by atoms with Crippen molar-refractivity contribution in [2.45, 2.75) is 38.8 Å². The summed E-state index contributed by atoms with van der Waals surface area (Å²) in [4.78, 5) is 12.5. The van der Waals surface area contributed by atoms with E-state index in [0.717, 1.165) is 0 Å². The van der Waals surface area contributed by atoms with Gasteiger partial charge in [-0.15, -0.1) is 0 Å². The molecule has 0 aliphatic heterocycles. The molecule has 116 valence electrons. The highest BCUT2D eigenvalue weighted by molar-refractivity contribution is 14.1. The molecule has 2 atom stereocenters. The molecule has 0 heterocycles. The largest absolute Gasteiger partial charge is 0.378 e. The van der Waals surface area contributed by atoms with E-state index in [4.69, 9.17) is 10.5 Å². The Hall–Kier alpha value is -0.730. The van der Waals surface area contributed by atoms with Crippen LogP contribution in [0.4, 0.5) is 10.1 Å². The maximum atomic E-state index is 13.1. The Labute approximate surface area is 137 Å². The zero-order valence-corrected chi connectivity index (χ0v) is 14.5. The van der Waals surface area contributed by atoms with E-state index in [-0.39, 0.29) is 17.8 Å². The Bertz CT molecular complexity index is 565. The van der Waals surface area contributed by atoms with Crippen molar-refractivity contribution in [3.8, 4) is 0 Å². The van der Waals surface area contributed by atoms with E-state index in [0.29, 0.717) is 22.3 Å². The van der Waals surface area contributed by atoms with Crippen molar-refractivity contribution in [2.24, 2.45) is 11.1 Å². The van der Waals surface area contributed by atoms with Gasteiger partial charge in [0.25, 0.3) is 0 Å². The Morgan fingerprint density at radius 1 is 1.57 bits per heavy atom. The molecule has 0 aromatic heterocycles. The van der Waals surface area contributed by atoms with Gasteiger partial charge in [-0.05, 0) is 47.7 Å². The van der Waals surface area contributed by atoms with Gasteiger partial charge in [0.1, 0.15) is 11.4 Å². The molecule has 21 heavy (non-hydrogen) atoms. The first-order valence-corrected chi connectivity index (χ1v) is 7.97. The van der Waals surface area contributed by atoms with Crippen LogP contribution in [0.25, 0.3) is 0 Å². The van der Waals surface area contributed by atoms with Gasteiger partial charge in [0.2, 0.25) is 5.91 Å². The molecular formula is C15H20FIN2O2. The standard InChI is InChI=1S/C15H20FIN2O2/c1-4-21-12-8-15(18,14(12,2)3)13(20)19-11-6-5-9(16)7-10(11)17/h5-7,12H,4,8,18H2,1-3H3,(H,19,20). The molecule has 2 rings (SSSR count). The molecule has 4 nitrogen and oxygen atoms in total. The third-order valence-electron chi connectivity index (χ3n) is 4.41. The summed E-state index contributed by atoms with van der Waals surface area (Å²) >= 11 is 1.98. The minimum absolute atomic E-state index is 0.0226. The third-order valence-corrected chi connectivity index (χ3v) is 5.31. The van der Waals surface area contributed by atoms with Crippen LogP contribution in [0.2, 0.25) is 0 Å². The average molecular weight is 406 g/mol. The lowest BCUT2D eigenvalue weighted by Crippen LogP contribution is -2.74. The highest BCUT2D eigenvalue weighted by atomic mass is 127. The Kier molecular flexibility index (Phi) is 4.60. The van der Waals surface area contributed by atoms with E-state index in [1.807, 2.05) is 43.4 Å². The molecule has 1 aliphatic carbocycles. The zero-order valence-electron chi connectivity index (χ0n) is 12.4. The van der Waals surface area contributed by atoms with E-state index >= 15 is 0 Å². The van der Waals surface area contributed by atoms with Gasteiger partial charge in [0, 0.05) is 22.0 Å². The van der Waals surface area contributed by atoms with Crippen molar-refractivity contribution in [3.05, 3.63) is 27.6 Å². The Morgan fingerprint density at radius 2 is 2.24 bits per heavy atom. The number of hydrogen-bond acceptors (Lipinski definition) is 3. The highest BCUT2D eigenvalue weighted by Gasteiger charge is 2.62. The monoisotopic (exact) mass is 406 g/mol. The fraction of sp³-hybridized carbons (Fsp3) is 0.533. The van der Waals surface area contributed by atoms with Crippen LogP contribution in [-0.4, -0.2) is 24.2 Å². The van der Waals surface area contributed by atoms with Crippen molar-refractivity contribution >= 4 is 34.2 Å². The smallest absolute Gasteiger partial charge is 0.245 e. The normalized spacial score (nSPS) is 27.0. The summed E-state index contributed by atoms with van der Waals surface area (Å²) in [5.41, 5.74) is 5.45. The number of hydrogen-bond donors (Lipinski definition) is 2. The van der Waals surface area contributed by atoms with Crippen molar-refractivity contribution in [3.63, 3.8) is 0 Å². The zero-order chi connectivity index (χ0) is 15.8. The van der Waals surface area contributed by atoms with Gasteiger partial charge in [-0.1, -0.05) is 13.8 Å². The van der Waals surface area contributed by atoms with Gasteiger partial charge >= 0.3 is 0 Å². The topological polar surface area (TPSA) is 64.3 Å². The average Bonchev–Trinajstić information content (AvgIpc) is 2.41. The minimum atomic E-state index is -0.982. The number of ether oxygens (including phenoxy) is 1. The van der Waals surface area contributed by atoms with Gasteiger partial charge < -0.3 is 15.8 Å². The van der Waals surface area contributed by atoms with Crippen LogP contribution in [0, 0.1) is 14.8 Å². The molecule has 2 unspecified atom stereocenters. The second-order valence-electron chi connectivity index (χ2n) is 5.92. The number of halogens is 2. The lowest BCUT2D eigenvalue weighted by atomic mass is 9.54. The number of carbonyl (C=O) groups is 1. The van der Waals surface area contributed by atoms with Crippen LogP contribution in [0.1, 0.15) is 27.2 Å². The Morgan fingerprint density at radius 3 is 2.76 bits per heavy atom. The molecular weight excluding hydrogens is 386 g/mol. The molecule has 0 saturated heterocycles. The van der Waals surface area contributed by atoms with E-state index in [9.17, 15) is 9.18 Å². The number of nitrogens with two attached hydrogens (primary N) is 1. The molecule has 6 heteroatoms. The highest BCUT2D eigenvalue weighted by Crippen LogP contribution is 2.50. The van der Waals surface area contributed by atoms with Gasteiger partial charge in [-0.3, -0.25) is 4.79 Å². The van der Waals surface area contributed by atoms with Gasteiger partial charge in [-0.25, -0.2) is 4.39 Å². The summed E-state index contributed by atoms with van der Waals surface area (Å²) in [6.07, 6.45) is 0.461. The predicted molar refractivity (Wildman–Crippen MR) is 88.5 cm³/mol. The molecule has 0 spiro atoms. The maximum Gasteiger partial charge on any atom is 0.245 e. The van der Waals surface area contributed by atoms with E-state index in [1.165, 1.54) is 12.1 Å². The maximum absolute atomic E-state index is 13.1. The number of benzene rings is 1. The molecule has 0 bridgehead atoms. The van der Waals surface area contributed by atoms with Crippen LogP contribution in [-0.2, 0) is 9.53 Å². The quantitative estimate of drug-likeness (QED) is 0.756. The third kappa shape index (κ3) is 2.80. The number of carbonyl (C=O) groups excluding carboxylic acids is 1.